The van der Waals surface area contributed by atoms with E-state index in [-0.39, 0.29) is 5.78 Å². The van der Waals surface area contributed by atoms with Crippen LogP contribution in [-0.4, -0.2) is 5.78 Å². The summed E-state index contributed by atoms with van der Waals surface area (Å²) >= 11 is 12.1. The molecule has 0 fully saturated rings. The van der Waals surface area contributed by atoms with Gasteiger partial charge in [0, 0.05) is 10.0 Å². The lowest BCUT2D eigenvalue weighted by molar-refractivity contribution is -0.111. The van der Waals surface area contributed by atoms with Crippen molar-refractivity contribution < 1.29 is 4.79 Å². The van der Waals surface area contributed by atoms with Crippen LogP contribution in [0.4, 0.5) is 0 Å². The molecule has 0 aliphatic rings. The number of ketones is 1. The predicted octanol–water partition coefficient (Wildman–Crippen LogP) is 5.68. The molecule has 2 aromatic rings. The van der Waals surface area contributed by atoms with Crippen molar-refractivity contribution in [3.63, 3.8) is 0 Å². The van der Waals surface area contributed by atoms with Gasteiger partial charge < -0.3 is 0 Å². The molecule has 2 aromatic carbocycles. The van der Waals surface area contributed by atoms with Gasteiger partial charge >= 0.3 is 0 Å². The maximum Gasteiger partial charge on any atom is 0.181 e. The second kappa shape index (κ2) is 7.26. The molecule has 0 saturated heterocycles. The fourth-order valence-electron chi connectivity index (χ4n) is 1.80. The summed E-state index contributed by atoms with van der Waals surface area (Å²) < 4.78 is 0. The van der Waals surface area contributed by atoms with Crippen LogP contribution in [0.15, 0.2) is 60.2 Å². The summed E-state index contributed by atoms with van der Waals surface area (Å²) in [5.74, 6) is -0.0742. The van der Waals surface area contributed by atoms with Crippen LogP contribution in [0, 0.1) is 0 Å². The Bertz CT molecular complexity index is 715. The summed E-state index contributed by atoms with van der Waals surface area (Å²) in [5.41, 5.74) is 2.26. The van der Waals surface area contributed by atoms with Crippen molar-refractivity contribution in [2.75, 3.05) is 0 Å². The molecule has 106 valence electrons. The van der Waals surface area contributed by atoms with Gasteiger partial charge in [0.25, 0.3) is 0 Å². The zero-order valence-corrected chi connectivity index (χ0v) is 13.0. The molecular formula is C18H14Cl2O. The summed E-state index contributed by atoms with van der Waals surface area (Å²) in [6.45, 7) is 1.77. The molecule has 0 aliphatic carbocycles. The largest absolute Gasteiger partial charge is 0.290 e. The van der Waals surface area contributed by atoms with Gasteiger partial charge in [-0.1, -0.05) is 59.6 Å². The third-order valence-electron chi connectivity index (χ3n) is 2.99. The van der Waals surface area contributed by atoms with Gasteiger partial charge in [-0.15, -0.1) is 0 Å². The normalized spacial score (nSPS) is 11.9. The van der Waals surface area contributed by atoms with Gasteiger partial charge in [-0.2, -0.15) is 0 Å². The molecule has 3 heteroatoms. The lowest BCUT2D eigenvalue weighted by atomic mass is 10.1. The summed E-state index contributed by atoms with van der Waals surface area (Å²) in [6, 6.07) is 14.8. The Kier molecular flexibility index (Phi) is 5.38. The molecule has 0 N–H and O–H groups in total. The van der Waals surface area contributed by atoms with Crippen LogP contribution in [0.5, 0.6) is 0 Å². The Labute approximate surface area is 134 Å². The first-order valence-corrected chi connectivity index (χ1v) is 7.23. The maximum absolute atomic E-state index is 12.1. The van der Waals surface area contributed by atoms with Crippen molar-refractivity contribution >= 4 is 41.1 Å². The van der Waals surface area contributed by atoms with Crippen LogP contribution in [-0.2, 0) is 4.79 Å². The van der Waals surface area contributed by atoms with E-state index in [0.717, 1.165) is 11.1 Å². The quantitative estimate of drug-likeness (QED) is 0.663. The molecule has 21 heavy (non-hydrogen) atoms. The first-order chi connectivity index (χ1) is 10.1. The average molecular weight is 317 g/mol. The number of rotatable bonds is 4. The monoisotopic (exact) mass is 316 g/mol. The second-order valence-corrected chi connectivity index (χ2v) is 5.38. The Morgan fingerprint density at radius 1 is 0.905 bits per heavy atom. The Morgan fingerprint density at radius 3 is 2.00 bits per heavy atom. The van der Waals surface area contributed by atoms with Crippen LogP contribution in [0.2, 0.25) is 10.0 Å². The van der Waals surface area contributed by atoms with Gasteiger partial charge in [0.2, 0.25) is 0 Å². The summed E-state index contributed by atoms with van der Waals surface area (Å²) in [5, 5.41) is 1.24. The predicted molar refractivity (Wildman–Crippen MR) is 90.6 cm³/mol. The van der Waals surface area contributed by atoms with Gasteiger partial charge in [0.15, 0.2) is 5.78 Å². The van der Waals surface area contributed by atoms with E-state index >= 15 is 0 Å². The van der Waals surface area contributed by atoms with Gasteiger partial charge in [-0.3, -0.25) is 4.79 Å². The van der Waals surface area contributed by atoms with Crippen LogP contribution >= 0.6 is 23.2 Å². The molecule has 0 heterocycles. The van der Waals surface area contributed by atoms with Crippen molar-refractivity contribution in [1.82, 2.24) is 0 Å². The smallest absolute Gasteiger partial charge is 0.181 e. The Hall–Kier alpha value is -1.83. The van der Waals surface area contributed by atoms with Gasteiger partial charge in [0.05, 0.1) is 0 Å². The van der Waals surface area contributed by atoms with Crippen molar-refractivity contribution in [2.24, 2.45) is 0 Å². The molecule has 0 spiro atoms. The number of benzene rings is 2. The van der Waals surface area contributed by atoms with Crippen molar-refractivity contribution in [3.05, 3.63) is 81.4 Å². The third-order valence-corrected chi connectivity index (χ3v) is 3.67. The van der Waals surface area contributed by atoms with E-state index in [1.54, 1.807) is 31.2 Å². The average Bonchev–Trinajstić information content (AvgIpc) is 2.48. The number of hydrogen-bond donors (Lipinski definition) is 0. The van der Waals surface area contributed by atoms with E-state index < -0.39 is 0 Å². The van der Waals surface area contributed by atoms with Crippen molar-refractivity contribution in [3.8, 4) is 0 Å². The molecule has 0 aromatic heterocycles. The number of hydrogen-bond acceptors (Lipinski definition) is 1. The van der Waals surface area contributed by atoms with Crippen molar-refractivity contribution in [1.29, 1.82) is 0 Å². The first kappa shape index (κ1) is 15.6. The minimum atomic E-state index is -0.0742. The zero-order valence-electron chi connectivity index (χ0n) is 11.5. The molecule has 0 amide bonds. The van der Waals surface area contributed by atoms with Crippen LogP contribution in [0.3, 0.4) is 0 Å². The lowest BCUT2D eigenvalue weighted by Gasteiger charge is -2.00. The highest BCUT2D eigenvalue weighted by Gasteiger charge is 2.03. The minimum absolute atomic E-state index is 0.0742. The van der Waals surface area contributed by atoms with E-state index in [2.05, 4.69) is 0 Å². The van der Waals surface area contributed by atoms with Crippen LogP contribution in [0.1, 0.15) is 18.1 Å². The minimum Gasteiger partial charge on any atom is -0.290 e. The second-order valence-electron chi connectivity index (χ2n) is 4.57. The van der Waals surface area contributed by atoms with E-state index in [4.69, 9.17) is 23.2 Å². The molecule has 0 radical (unpaired) electrons. The Balaban J connectivity index is 2.17. The standard InChI is InChI=1S/C18H14Cl2O/c1-13(12-15-7-3-5-9-17(15)20)18(21)11-10-14-6-2-4-8-16(14)19/h2-12H,1H3/b11-10+,13-12+. The van der Waals surface area contributed by atoms with Crippen LogP contribution < -0.4 is 0 Å². The maximum atomic E-state index is 12.1. The molecule has 0 bridgehead atoms. The molecule has 0 aliphatic heterocycles. The SMILES string of the molecule is C/C(=C\c1ccccc1Cl)C(=O)/C=C/c1ccccc1Cl. The zero-order chi connectivity index (χ0) is 15.2. The summed E-state index contributed by atoms with van der Waals surface area (Å²) in [6.07, 6.45) is 5.01. The highest BCUT2D eigenvalue weighted by molar-refractivity contribution is 6.32. The highest BCUT2D eigenvalue weighted by atomic mass is 35.5. The van der Waals surface area contributed by atoms with Gasteiger partial charge in [-0.05, 0) is 54.0 Å². The fraction of sp³-hybridized carbons (Fsp3) is 0.0556. The third kappa shape index (κ3) is 4.32. The summed E-state index contributed by atoms with van der Waals surface area (Å²) in [7, 11) is 0. The van der Waals surface area contributed by atoms with Gasteiger partial charge in [-0.25, -0.2) is 0 Å². The number of allylic oxidation sites excluding steroid dienone is 2. The first-order valence-electron chi connectivity index (χ1n) is 6.47. The van der Waals surface area contributed by atoms with Crippen LogP contribution in [0.25, 0.3) is 12.2 Å². The molecule has 0 unspecified atom stereocenters. The van der Waals surface area contributed by atoms with Gasteiger partial charge in [0.1, 0.15) is 0 Å². The van der Waals surface area contributed by atoms with Crippen molar-refractivity contribution in [2.45, 2.75) is 6.92 Å². The number of carbonyl (C=O) groups is 1. The molecule has 1 nitrogen and oxygen atoms in total. The molecule has 0 atom stereocenters. The van der Waals surface area contributed by atoms with E-state index in [0.29, 0.717) is 15.6 Å². The fourth-order valence-corrected chi connectivity index (χ4v) is 2.19. The van der Waals surface area contributed by atoms with E-state index in [1.807, 2.05) is 36.4 Å². The molecule has 2 rings (SSSR count). The molecular weight excluding hydrogens is 303 g/mol. The van der Waals surface area contributed by atoms with E-state index in [1.165, 1.54) is 6.08 Å². The topological polar surface area (TPSA) is 17.1 Å². The number of halogens is 2. The highest BCUT2D eigenvalue weighted by Crippen LogP contribution is 2.19. The van der Waals surface area contributed by atoms with E-state index in [9.17, 15) is 4.79 Å². The number of carbonyl (C=O) groups excluding carboxylic acids is 1. The Morgan fingerprint density at radius 2 is 1.43 bits per heavy atom. The lowest BCUT2D eigenvalue weighted by Crippen LogP contribution is -1.94. The molecule has 0 saturated carbocycles. The summed E-state index contributed by atoms with van der Waals surface area (Å²) in [4.78, 5) is 12.1.